The van der Waals surface area contributed by atoms with E-state index >= 15 is 0 Å². The summed E-state index contributed by atoms with van der Waals surface area (Å²) in [6, 6.07) is 2.71. The molecule has 1 amide bonds. The number of benzene rings is 1. The van der Waals surface area contributed by atoms with Crippen molar-refractivity contribution in [2.24, 2.45) is 11.7 Å². The molecule has 2 unspecified atom stereocenters. The van der Waals surface area contributed by atoms with Crippen LogP contribution in [0.25, 0.3) is 0 Å². The Bertz CT molecular complexity index is 922. The van der Waals surface area contributed by atoms with Crippen molar-refractivity contribution >= 4 is 29.3 Å². The number of carboxylic acids is 2. The van der Waals surface area contributed by atoms with Crippen LogP contribution < -0.4 is 16.1 Å². The van der Waals surface area contributed by atoms with Crippen molar-refractivity contribution in [1.29, 1.82) is 0 Å². The van der Waals surface area contributed by atoms with Gasteiger partial charge in [-0.3, -0.25) is 24.4 Å². The van der Waals surface area contributed by atoms with E-state index in [-0.39, 0.29) is 16.9 Å². The molecule has 0 fully saturated rings. The molecule has 10 heteroatoms. The molecule has 0 heterocycles. The second-order valence-electron chi connectivity index (χ2n) is 7.26. The molecule has 1 aromatic rings. The van der Waals surface area contributed by atoms with Gasteiger partial charge in [0.05, 0.1) is 0 Å². The number of nitrogens with zero attached hydrogens (tertiary/aromatic N) is 1. The van der Waals surface area contributed by atoms with E-state index < -0.39 is 35.7 Å². The number of hydrogen-bond donors (Lipinski definition) is 5. The summed E-state index contributed by atoms with van der Waals surface area (Å²) in [6.45, 7) is 3.30. The second kappa shape index (κ2) is 11.0. The van der Waals surface area contributed by atoms with Gasteiger partial charge in [0.25, 0.3) is 5.91 Å². The number of nitrogens with two attached hydrogens (primary N) is 1. The van der Waals surface area contributed by atoms with Gasteiger partial charge in [0.15, 0.2) is 5.78 Å². The molecule has 0 aliphatic rings. The summed E-state index contributed by atoms with van der Waals surface area (Å²) in [5.41, 5.74) is 8.45. The largest absolute Gasteiger partial charge is 0.481 e. The van der Waals surface area contributed by atoms with E-state index in [0.717, 1.165) is 6.08 Å². The van der Waals surface area contributed by atoms with Crippen molar-refractivity contribution < 1.29 is 34.6 Å². The number of rotatable bonds is 10. The summed E-state index contributed by atoms with van der Waals surface area (Å²) >= 11 is 0. The highest BCUT2D eigenvalue weighted by atomic mass is 16.5. The van der Waals surface area contributed by atoms with Crippen molar-refractivity contribution in [3.05, 3.63) is 53.1 Å². The van der Waals surface area contributed by atoms with Crippen molar-refractivity contribution in [1.82, 2.24) is 5.48 Å². The Kier molecular flexibility index (Phi) is 9.10. The minimum absolute atomic E-state index is 0.101. The van der Waals surface area contributed by atoms with E-state index in [2.05, 4.69) is 0 Å². The van der Waals surface area contributed by atoms with Gasteiger partial charge in [-0.15, -0.1) is 0 Å². The maximum Gasteiger partial charge on any atom is 0.321 e. The molecule has 1 aromatic carbocycles. The van der Waals surface area contributed by atoms with Crippen LogP contribution in [0.15, 0.2) is 42.0 Å². The summed E-state index contributed by atoms with van der Waals surface area (Å²) in [7, 11) is 3.40. The number of carboxylic acid groups (broad SMARTS) is 2. The van der Waals surface area contributed by atoms with Gasteiger partial charge in [0, 0.05) is 37.3 Å². The van der Waals surface area contributed by atoms with Crippen molar-refractivity contribution in [2.45, 2.75) is 25.8 Å². The highest BCUT2D eigenvalue weighted by Crippen LogP contribution is 2.28. The van der Waals surface area contributed by atoms with Crippen molar-refractivity contribution in [3.63, 3.8) is 0 Å². The molecule has 0 spiro atoms. The van der Waals surface area contributed by atoms with E-state index in [1.807, 2.05) is 0 Å². The highest BCUT2D eigenvalue weighted by Gasteiger charge is 2.33. The zero-order chi connectivity index (χ0) is 23.9. The van der Waals surface area contributed by atoms with Crippen LogP contribution in [0.5, 0.6) is 0 Å². The summed E-state index contributed by atoms with van der Waals surface area (Å²) < 4.78 is 0. The molecule has 0 saturated carbocycles. The van der Waals surface area contributed by atoms with Gasteiger partial charge in [-0.25, -0.2) is 5.48 Å². The number of carbonyl (C=O) groups is 4. The molecule has 0 radical (unpaired) electrons. The number of anilines is 1. The van der Waals surface area contributed by atoms with E-state index in [1.165, 1.54) is 23.7 Å². The predicted octanol–water partition coefficient (Wildman–Crippen LogP) is 1.16. The fraction of sp³-hybridized carbons (Fsp3) is 0.333. The zero-order valence-electron chi connectivity index (χ0n) is 17.7. The molecule has 0 saturated heterocycles. The quantitative estimate of drug-likeness (QED) is 0.119. The van der Waals surface area contributed by atoms with Gasteiger partial charge in [-0.2, -0.15) is 0 Å². The minimum Gasteiger partial charge on any atom is -0.481 e. The molecule has 6 N–H and O–H groups in total. The molecular formula is C21H27N3O7. The van der Waals surface area contributed by atoms with Crippen LogP contribution >= 0.6 is 0 Å². The Labute approximate surface area is 179 Å². The van der Waals surface area contributed by atoms with Crippen molar-refractivity contribution in [3.8, 4) is 0 Å². The summed E-state index contributed by atoms with van der Waals surface area (Å²) in [5, 5.41) is 27.2. The topological polar surface area (TPSA) is 170 Å². The first kappa shape index (κ1) is 25.5. The summed E-state index contributed by atoms with van der Waals surface area (Å²) in [6.07, 6.45) is 4.12. The second-order valence-corrected chi connectivity index (χ2v) is 7.26. The van der Waals surface area contributed by atoms with Gasteiger partial charge < -0.3 is 20.8 Å². The first-order valence-corrected chi connectivity index (χ1v) is 9.27. The van der Waals surface area contributed by atoms with Crippen LogP contribution in [-0.4, -0.2) is 59.2 Å². The van der Waals surface area contributed by atoms with Gasteiger partial charge in [0.2, 0.25) is 0 Å². The highest BCUT2D eigenvalue weighted by molar-refractivity contribution is 6.00. The Morgan fingerprint density at radius 1 is 1.06 bits per heavy atom. The summed E-state index contributed by atoms with van der Waals surface area (Å²) in [5.74, 6) is -6.12. The zero-order valence-corrected chi connectivity index (χ0v) is 17.7. The number of Topliss-reactive ketones (excluding diaryl/α,β-unsaturated/α-hetero) is 1. The van der Waals surface area contributed by atoms with Crippen LogP contribution in [-0.2, 0) is 14.4 Å². The van der Waals surface area contributed by atoms with Gasteiger partial charge in [0.1, 0.15) is 12.0 Å². The van der Waals surface area contributed by atoms with Gasteiger partial charge in [-0.05, 0) is 30.7 Å². The van der Waals surface area contributed by atoms with Crippen molar-refractivity contribution in [2.75, 3.05) is 19.0 Å². The Morgan fingerprint density at radius 2 is 1.68 bits per heavy atom. The lowest BCUT2D eigenvalue weighted by atomic mass is 9.88. The maximum atomic E-state index is 13.0. The molecule has 168 valence electrons. The molecule has 3 atom stereocenters. The van der Waals surface area contributed by atoms with Gasteiger partial charge in [-0.1, -0.05) is 24.6 Å². The number of amides is 1. The third-order valence-electron chi connectivity index (χ3n) is 4.54. The standard InChI is InChI=1S/C21H27N3O7/c1-11(5-6-16(25)23-31)7-12(2)19(26)14-8-13(9-15(10-14)24(3)4)17(20(27)28)18(22)21(29)30/h5-10,12,17-18,31H,22H2,1-4H3,(H,23,25)(H,27,28)(H,29,30)/b6-5+,11-7+/t12-,17?,18?/m1/s1. The lowest BCUT2D eigenvalue weighted by molar-refractivity contribution is -0.146. The fourth-order valence-corrected chi connectivity index (χ4v) is 2.89. The van der Waals surface area contributed by atoms with Gasteiger partial charge >= 0.3 is 11.9 Å². The number of aliphatic carboxylic acids is 2. The average molecular weight is 433 g/mol. The Balaban J connectivity index is 3.40. The molecule has 31 heavy (non-hydrogen) atoms. The molecule has 10 nitrogen and oxygen atoms in total. The van der Waals surface area contributed by atoms with Crippen LogP contribution in [0.4, 0.5) is 5.69 Å². The van der Waals surface area contributed by atoms with Crippen LogP contribution in [0, 0.1) is 5.92 Å². The monoisotopic (exact) mass is 433 g/mol. The number of allylic oxidation sites excluding steroid dienone is 3. The molecule has 0 aliphatic carbocycles. The number of hydroxylamine groups is 1. The normalized spacial score (nSPS) is 14.6. The average Bonchev–Trinajstić information content (AvgIpc) is 2.70. The predicted molar refractivity (Wildman–Crippen MR) is 113 cm³/mol. The fourth-order valence-electron chi connectivity index (χ4n) is 2.89. The lowest BCUT2D eigenvalue weighted by Gasteiger charge is -2.21. The maximum absolute atomic E-state index is 13.0. The first-order chi connectivity index (χ1) is 14.4. The van der Waals surface area contributed by atoms with Crippen LogP contribution in [0.3, 0.4) is 0 Å². The number of ketones is 1. The number of nitrogens with one attached hydrogen (secondary N) is 1. The smallest absolute Gasteiger partial charge is 0.321 e. The molecular weight excluding hydrogens is 406 g/mol. The molecule has 0 aliphatic heterocycles. The first-order valence-electron chi connectivity index (χ1n) is 9.27. The molecule has 0 aromatic heterocycles. The molecule has 0 bridgehead atoms. The number of carbonyl (C=O) groups excluding carboxylic acids is 2. The third kappa shape index (κ3) is 7.05. The molecule has 1 rings (SSSR count). The summed E-state index contributed by atoms with van der Waals surface area (Å²) in [4.78, 5) is 48.8. The Morgan fingerprint density at radius 3 is 2.16 bits per heavy atom. The van der Waals surface area contributed by atoms with E-state index in [1.54, 1.807) is 45.0 Å². The number of hydrogen-bond acceptors (Lipinski definition) is 7. The van der Waals surface area contributed by atoms with E-state index in [4.69, 9.17) is 10.9 Å². The minimum atomic E-state index is -1.69. The van der Waals surface area contributed by atoms with Crippen LogP contribution in [0.1, 0.15) is 35.7 Å². The van der Waals surface area contributed by atoms with E-state index in [9.17, 15) is 29.4 Å². The van der Waals surface area contributed by atoms with E-state index in [0.29, 0.717) is 11.3 Å². The Hall–Kier alpha value is -3.50. The third-order valence-corrected chi connectivity index (χ3v) is 4.54. The van der Waals surface area contributed by atoms with Crippen LogP contribution in [0.2, 0.25) is 0 Å². The lowest BCUT2D eigenvalue weighted by Crippen LogP contribution is -2.40. The SMILES string of the molecule is CC(/C=C/C(=O)NO)=C\[C@@H](C)C(=O)c1cc(C(C(=O)O)C(N)C(=O)O)cc(N(C)C)c1.